The quantitative estimate of drug-likeness (QED) is 0.522. The number of hydrogen-bond donors (Lipinski definition) is 0. The summed E-state index contributed by atoms with van der Waals surface area (Å²) in [6.07, 6.45) is 6.68. The Labute approximate surface area is 169 Å². The summed E-state index contributed by atoms with van der Waals surface area (Å²) in [4.78, 5) is 0. The van der Waals surface area contributed by atoms with E-state index in [0.717, 1.165) is 12.8 Å². The van der Waals surface area contributed by atoms with E-state index in [1.165, 1.54) is 44.6 Å². The summed E-state index contributed by atoms with van der Waals surface area (Å²) in [5, 5.41) is 0. The van der Waals surface area contributed by atoms with E-state index < -0.39 is 0 Å². The summed E-state index contributed by atoms with van der Waals surface area (Å²) < 4.78 is 0. The third kappa shape index (κ3) is 3.24. The van der Waals surface area contributed by atoms with Gasteiger partial charge < -0.3 is 0 Å². The normalized spacial score (nSPS) is 23.0. The van der Waals surface area contributed by atoms with E-state index in [2.05, 4.69) is 99.8 Å². The van der Waals surface area contributed by atoms with E-state index in [1.807, 2.05) is 0 Å². The van der Waals surface area contributed by atoms with Crippen LogP contribution in [0.2, 0.25) is 0 Å². The molecule has 0 heteroatoms. The van der Waals surface area contributed by atoms with Gasteiger partial charge in [-0.15, -0.1) is 0 Å². The number of fused-ring (bicyclic) bond motifs is 1. The highest BCUT2D eigenvalue weighted by Gasteiger charge is 2.40. The maximum Gasteiger partial charge on any atom is 0.0201 e. The van der Waals surface area contributed by atoms with Crippen LogP contribution in [-0.4, -0.2) is 0 Å². The molecule has 1 saturated carbocycles. The van der Waals surface area contributed by atoms with Gasteiger partial charge in [0.15, 0.2) is 0 Å². The third-order valence-electron chi connectivity index (χ3n) is 6.16. The fourth-order valence-corrected chi connectivity index (χ4v) is 4.79. The Kier molecular flexibility index (Phi) is 5.05. The van der Waals surface area contributed by atoms with E-state index in [1.54, 1.807) is 0 Å². The zero-order valence-corrected chi connectivity index (χ0v) is 16.9. The van der Waals surface area contributed by atoms with Crippen LogP contribution in [0.4, 0.5) is 0 Å². The molecular formula is C28H28. The van der Waals surface area contributed by atoms with Crippen LogP contribution in [0.5, 0.6) is 0 Å². The summed E-state index contributed by atoms with van der Waals surface area (Å²) in [5.74, 6) is 0.641. The standard InChI is InChI=1S/C28H28/c1-5-19(2)26-20(3)16-25-18-24(17-22-12-8-6-9-13-22)21(4)27(25)28(26)23-14-10-7-11-15-23/h6-17,27-28H,2,4-5,18H2,1,3H3. The second-order valence-electron chi connectivity index (χ2n) is 7.92. The first-order chi connectivity index (χ1) is 13.6. The van der Waals surface area contributed by atoms with Crippen molar-refractivity contribution in [1.82, 2.24) is 0 Å². The Balaban J connectivity index is 1.81. The molecule has 2 aromatic carbocycles. The Bertz CT molecular complexity index is 997. The van der Waals surface area contributed by atoms with E-state index in [-0.39, 0.29) is 0 Å². The average Bonchev–Trinajstić information content (AvgIpc) is 3.02. The SMILES string of the molecule is C=C(CC)C1=C(C)C=C2CC(=Cc3ccccc3)C(=C)C2C1c1ccccc1. The molecule has 0 amide bonds. The van der Waals surface area contributed by atoms with Gasteiger partial charge in [0.2, 0.25) is 0 Å². The van der Waals surface area contributed by atoms with Crippen molar-refractivity contribution in [2.75, 3.05) is 0 Å². The second kappa shape index (κ2) is 7.64. The van der Waals surface area contributed by atoms with Gasteiger partial charge in [-0.1, -0.05) is 104 Å². The van der Waals surface area contributed by atoms with Crippen LogP contribution in [0.1, 0.15) is 43.7 Å². The predicted octanol–water partition coefficient (Wildman–Crippen LogP) is 7.65. The van der Waals surface area contributed by atoms with Crippen LogP contribution in [0.3, 0.4) is 0 Å². The second-order valence-corrected chi connectivity index (χ2v) is 7.92. The van der Waals surface area contributed by atoms with E-state index >= 15 is 0 Å². The number of rotatable bonds is 4. The smallest absolute Gasteiger partial charge is 0.0201 e. The monoisotopic (exact) mass is 364 g/mol. The van der Waals surface area contributed by atoms with Crippen LogP contribution in [0.25, 0.3) is 6.08 Å². The molecule has 0 heterocycles. The molecular weight excluding hydrogens is 336 g/mol. The van der Waals surface area contributed by atoms with Crippen molar-refractivity contribution in [3.63, 3.8) is 0 Å². The molecule has 2 aromatic rings. The topological polar surface area (TPSA) is 0 Å². The minimum atomic E-state index is 0.308. The first kappa shape index (κ1) is 18.5. The molecule has 0 radical (unpaired) electrons. The van der Waals surface area contributed by atoms with Gasteiger partial charge in [0.25, 0.3) is 0 Å². The lowest BCUT2D eigenvalue weighted by atomic mass is 9.69. The fourth-order valence-electron chi connectivity index (χ4n) is 4.79. The average molecular weight is 365 g/mol. The van der Waals surface area contributed by atoms with Gasteiger partial charge in [0.1, 0.15) is 0 Å². The van der Waals surface area contributed by atoms with Gasteiger partial charge in [-0.3, -0.25) is 0 Å². The van der Waals surface area contributed by atoms with Crippen LogP contribution >= 0.6 is 0 Å². The molecule has 28 heavy (non-hydrogen) atoms. The van der Waals surface area contributed by atoms with Gasteiger partial charge in [-0.2, -0.15) is 0 Å². The van der Waals surface area contributed by atoms with Crippen molar-refractivity contribution in [1.29, 1.82) is 0 Å². The largest absolute Gasteiger partial charge is 0.0955 e. The van der Waals surface area contributed by atoms with Crippen LogP contribution in [-0.2, 0) is 0 Å². The molecule has 1 fully saturated rings. The van der Waals surface area contributed by atoms with Crippen molar-refractivity contribution < 1.29 is 0 Å². The van der Waals surface area contributed by atoms with Gasteiger partial charge >= 0.3 is 0 Å². The van der Waals surface area contributed by atoms with Crippen molar-refractivity contribution in [2.24, 2.45) is 5.92 Å². The third-order valence-corrected chi connectivity index (χ3v) is 6.16. The Morgan fingerprint density at radius 1 is 1.00 bits per heavy atom. The maximum absolute atomic E-state index is 4.58. The lowest BCUT2D eigenvalue weighted by Gasteiger charge is -2.34. The van der Waals surface area contributed by atoms with Crippen LogP contribution < -0.4 is 0 Å². The van der Waals surface area contributed by atoms with E-state index in [0.29, 0.717) is 11.8 Å². The highest BCUT2D eigenvalue weighted by molar-refractivity contribution is 5.67. The van der Waals surface area contributed by atoms with Crippen molar-refractivity contribution in [3.05, 3.63) is 124 Å². The van der Waals surface area contributed by atoms with Gasteiger partial charge in [-0.05, 0) is 53.2 Å². The zero-order chi connectivity index (χ0) is 19.7. The predicted molar refractivity (Wildman–Crippen MR) is 121 cm³/mol. The Morgan fingerprint density at radius 3 is 2.29 bits per heavy atom. The molecule has 2 aliphatic rings. The summed E-state index contributed by atoms with van der Waals surface area (Å²) in [7, 11) is 0. The molecule has 0 saturated heterocycles. The molecule has 0 aliphatic heterocycles. The van der Waals surface area contributed by atoms with Crippen LogP contribution in [0, 0.1) is 5.92 Å². The molecule has 0 spiro atoms. The van der Waals surface area contributed by atoms with Gasteiger partial charge in [-0.25, -0.2) is 0 Å². The molecule has 0 aromatic heterocycles. The first-order valence-electron chi connectivity index (χ1n) is 10.2. The maximum atomic E-state index is 4.58. The Morgan fingerprint density at radius 2 is 1.64 bits per heavy atom. The zero-order valence-electron chi connectivity index (χ0n) is 16.9. The minimum absolute atomic E-state index is 0.308. The summed E-state index contributed by atoms with van der Waals surface area (Å²) in [6.45, 7) is 13.4. The fraction of sp³-hybridized carbons (Fsp3) is 0.214. The van der Waals surface area contributed by atoms with Gasteiger partial charge in [0.05, 0.1) is 0 Å². The minimum Gasteiger partial charge on any atom is -0.0955 e. The molecule has 2 unspecified atom stereocenters. The number of hydrogen-bond acceptors (Lipinski definition) is 0. The molecule has 140 valence electrons. The highest BCUT2D eigenvalue weighted by atomic mass is 14.4. The van der Waals surface area contributed by atoms with E-state index in [9.17, 15) is 0 Å². The van der Waals surface area contributed by atoms with E-state index in [4.69, 9.17) is 0 Å². The van der Waals surface area contributed by atoms with Crippen molar-refractivity contribution >= 4 is 6.08 Å². The molecule has 0 nitrogen and oxygen atoms in total. The molecule has 4 rings (SSSR count). The molecule has 0 N–H and O–H groups in total. The Hall–Kier alpha value is -2.86. The molecule has 2 atom stereocenters. The van der Waals surface area contributed by atoms with Crippen LogP contribution in [0.15, 0.2) is 113 Å². The van der Waals surface area contributed by atoms with Gasteiger partial charge in [0, 0.05) is 11.8 Å². The van der Waals surface area contributed by atoms with Crippen molar-refractivity contribution in [2.45, 2.75) is 32.6 Å². The van der Waals surface area contributed by atoms with Crippen molar-refractivity contribution in [3.8, 4) is 0 Å². The molecule has 2 aliphatic carbocycles. The molecule has 0 bridgehead atoms. The number of allylic oxidation sites excluding steroid dienone is 7. The lowest BCUT2D eigenvalue weighted by molar-refractivity contribution is 0.622. The number of benzene rings is 2. The lowest BCUT2D eigenvalue weighted by Crippen LogP contribution is -2.20. The summed E-state index contributed by atoms with van der Waals surface area (Å²) >= 11 is 0. The first-order valence-corrected chi connectivity index (χ1v) is 10.2. The summed E-state index contributed by atoms with van der Waals surface area (Å²) in [5.41, 5.74) is 10.7. The highest BCUT2D eigenvalue weighted by Crippen LogP contribution is 2.54. The summed E-state index contributed by atoms with van der Waals surface area (Å²) in [6, 6.07) is 21.5.